The third-order valence-corrected chi connectivity index (χ3v) is 4.39. The molecule has 23 heavy (non-hydrogen) atoms. The standard InChI is InChI=1S/C17H22N2O4/c1-12(20)19(14-5-3-2-4-6-14)10-17(21)18-13-7-8-15-16(9-13)23-11-22-15/h7-9,14H,2-6,10-11H2,1H3,(H,18,21). The molecule has 6 heteroatoms. The summed E-state index contributed by atoms with van der Waals surface area (Å²) >= 11 is 0. The second-order valence-corrected chi connectivity index (χ2v) is 6.05. The molecule has 1 fully saturated rings. The lowest BCUT2D eigenvalue weighted by molar-refractivity contribution is -0.135. The van der Waals surface area contributed by atoms with Crippen molar-refractivity contribution in [2.24, 2.45) is 0 Å². The SMILES string of the molecule is CC(=O)N(CC(=O)Nc1ccc2c(c1)OCO2)C1CCCCC1. The number of ether oxygens (including phenoxy) is 2. The number of carbonyl (C=O) groups is 2. The summed E-state index contributed by atoms with van der Waals surface area (Å²) in [5.41, 5.74) is 0.645. The Bertz CT molecular complexity index is 596. The monoisotopic (exact) mass is 318 g/mol. The van der Waals surface area contributed by atoms with Gasteiger partial charge in [-0.3, -0.25) is 9.59 Å². The fraction of sp³-hybridized carbons (Fsp3) is 0.529. The maximum atomic E-state index is 12.3. The van der Waals surface area contributed by atoms with Crippen LogP contribution in [-0.4, -0.2) is 36.1 Å². The minimum absolute atomic E-state index is 0.0438. The van der Waals surface area contributed by atoms with Crippen LogP contribution in [-0.2, 0) is 9.59 Å². The zero-order valence-corrected chi connectivity index (χ0v) is 13.3. The van der Waals surface area contributed by atoms with Gasteiger partial charge in [0.1, 0.15) is 6.54 Å². The molecule has 0 radical (unpaired) electrons. The number of rotatable bonds is 4. The Kier molecular flexibility index (Phi) is 4.69. The molecule has 1 N–H and O–H groups in total. The van der Waals surface area contributed by atoms with E-state index in [1.54, 1.807) is 23.1 Å². The lowest BCUT2D eigenvalue weighted by atomic mass is 9.94. The van der Waals surface area contributed by atoms with Crippen LogP contribution in [0, 0.1) is 0 Å². The Morgan fingerprint density at radius 3 is 2.65 bits per heavy atom. The third-order valence-electron chi connectivity index (χ3n) is 4.39. The van der Waals surface area contributed by atoms with Gasteiger partial charge in [-0.05, 0) is 25.0 Å². The van der Waals surface area contributed by atoms with Gasteiger partial charge in [-0.2, -0.15) is 0 Å². The van der Waals surface area contributed by atoms with Crippen LogP contribution in [0.3, 0.4) is 0 Å². The summed E-state index contributed by atoms with van der Waals surface area (Å²) in [4.78, 5) is 25.9. The van der Waals surface area contributed by atoms with Crippen LogP contribution in [0.25, 0.3) is 0 Å². The molecule has 0 atom stereocenters. The highest BCUT2D eigenvalue weighted by Gasteiger charge is 2.25. The van der Waals surface area contributed by atoms with Crippen molar-refractivity contribution < 1.29 is 19.1 Å². The van der Waals surface area contributed by atoms with Crippen molar-refractivity contribution in [1.29, 1.82) is 0 Å². The van der Waals surface area contributed by atoms with E-state index in [1.165, 1.54) is 13.3 Å². The highest BCUT2D eigenvalue weighted by atomic mass is 16.7. The van der Waals surface area contributed by atoms with Crippen molar-refractivity contribution >= 4 is 17.5 Å². The van der Waals surface area contributed by atoms with Gasteiger partial charge in [-0.25, -0.2) is 0 Å². The molecular weight excluding hydrogens is 296 g/mol. The lowest BCUT2D eigenvalue weighted by Gasteiger charge is -2.33. The predicted octanol–water partition coefficient (Wildman–Crippen LogP) is 2.54. The zero-order valence-electron chi connectivity index (χ0n) is 13.3. The number of amides is 2. The van der Waals surface area contributed by atoms with E-state index >= 15 is 0 Å². The smallest absolute Gasteiger partial charge is 0.244 e. The summed E-state index contributed by atoms with van der Waals surface area (Å²) in [5, 5.41) is 2.83. The van der Waals surface area contributed by atoms with Crippen LogP contribution in [0.4, 0.5) is 5.69 Å². The topological polar surface area (TPSA) is 67.9 Å². The van der Waals surface area contributed by atoms with Crippen molar-refractivity contribution in [3.63, 3.8) is 0 Å². The second-order valence-electron chi connectivity index (χ2n) is 6.05. The summed E-state index contributed by atoms with van der Waals surface area (Å²) in [6, 6.07) is 5.45. The van der Waals surface area contributed by atoms with Gasteiger partial charge >= 0.3 is 0 Å². The molecule has 1 saturated carbocycles. The van der Waals surface area contributed by atoms with Crippen molar-refractivity contribution in [3.8, 4) is 11.5 Å². The minimum atomic E-state index is -0.190. The van der Waals surface area contributed by atoms with E-state index in [4.69, 9.17) is 9.47 Å². The molecule has 1 aromatic rings. The predicted molar refractivity (Wildman–Crippen MR) is 85.5 cm³/mol. The molecule has 1 aliphatic carbocycles. The molecule has 3 rings (SSSR count). The zero-order chi connectivity index (χ0) is 16.2. The number of fused-ring (bicyclic) bond motifs is 1. The lowest BCUT2D eigenvalue weighted by Crippen LogP contribution is -2.44. The van der Waals surface area contributed by atoms with Gasteiger partial charge in [0.25, 0.3) is 0 Å². The Labute approximate surface area is 135 Å². The Hall–Kier alpha value is -2.24. The van der Waals surface area contributed by atoms with Crippen LogP contribution >= 0.6 is 0 Å². The van der Waals surface area contributed by atoms with Crippen molar-refractivity contribution in [1.82, 2.24) is 4.90 Å². The van der Waals surface area contributed by atoms with E-state index in [9.17, 15) is 9.59 Å². The number of benzene rings is 1. The number of nitrogens with one attached hydrogen (secondary N) is 1. The molecule has 0 unspecified atom stereocenters. The fourth-order valence-electron chi connectivity index (χ4n) is 3.22. The highest BCUT2D eigenvalue weighted by molar-refractivity contribution is 5.94. The molecule has 1 aromatic carbocycles. The van der Waals surface area contributed by atoms with Crippen LogP contribution < -0.4 is 14.8 Å². The molecule has 6 nitrogen and oxygen atoms in total. The molecular formula is C17H22N2O4. The number of nitrogens with zero attached hydrogens (tertiary/aromatic N) is 1. The van der Waals surface area contributed by atoms with Gasteiger partial charge in [-0.1, -0.05) is 19.3 Å². The minimum Gasteiger partial charge on any atom is -0.454 e. The maximum Gasteiger partial charge on any atom is 0.244 e. The highest BCUT2D eigenvalue weighted by Crippen LogP contribution is 2.34. The summed E-state index contributed by atoms with van der Waals surface area (Å²) in [5.74, 6) is 1.07. The first-order valence-electron chi connectivity index (χ1n) is 8.10. The molecule has 0 bridgehead atoms. The van der Waals surface area contributed by atoms with Crippen LogP contribution in [0.1, 0.15) is 39.0 Å². The Morgan fingerprint density at radius 1 is 1.17 bits per heavy atom. The Morgan fingerprint density at radius 2 is 1.91 bits per heavy atom. The van der Waals surface area contributed by atoms with Crippen LogP contribution in [0.2, 0.25) is 0 Å². The van der Waals surface area contributed by atoms with Crippen LogP contribution in [0.5, 0.6) is 11.5 Å². The second kappa shape index (κ2) is 6.89. The number of anilines is 1. The van der Waals surface area contributed by atoms with Crippen molar-refractivity contribution in [2.75, 3.05) is 18.7 Å². The van der Waals surface area contributed by atoms with Gasteiger partial charge in [0, 0.05) is 24.7 Å². The van der Waals surface area contributed by atoms with Crippen LogP contribution in [0.15, 0.2) is 18.2 Å². The summed E-state index contributed by atoms with van der Waals surface area (Å²) in [6.07, 6.45) is 5.43. The van der Waals surface area contributed by atoms with Gasteiger partial charge < -0.3 is 19.7 Å². The van der Waals surface area contributed by atoms with E-state index in [2.05, 4.69) is 5.32 Å². The summed E-state index contributed by atoms with van der Waals surface area (Å²) in [6.45, 7) is 1.82. The van der Waals surface area contributed by atoms with E-state index < -0.39 is 0 Å². The van der Waals surface area contributed by atoms with Gasteiger partial charge in [-0.15, -0.1) is 0 Å². The van der Waals surface area contributed by atoms with E-state index in [0.29, 0.717) is 17.2 Å². The molecule has 1 heterocycles. The maximum absolute atomic E-state index is 12.3. The number of carbonyl (C=O) groups excluding carboxylic acids is 2. The molecule has 2 aliphatic rings. The fourth-order valence-corrected chi connectivity index (χ4v) is 3.22. The molecule has 2 amide bonds. The average molecular weight is 318 g/mol. The largest absolute Gasteiger partial charge is 0.454 e. The average Bonchev–Trinajstić information content (AvgIpc) is 3.01. The third kappa shape index (κ3) is 3.75. The summed E-state index contributed by atoms with van der Waals surface area (Å²) < 4.78 is 10.5. The van der Waals surface area contributed by atoms with E-state index in [-0.39, 0.29) is 31.2 Å². The first-order valence-corrected chi connectivity index (χ1v) is 8.10. The quantitative estimate of drug-likeness (QED) is 0.926. The first kappa shape index (κ1) is 15.6. The summed E-state index contributed by atoms with van der Waals surface area (Å²) in [7, 11) is 0. The number of hydrogen-bond donors (Lipinski definition) is 1. The molecule has 0 saturated heterocycles. The van der Waals surface area contributed by atoms with E-state index in [1.807, 2.05) is 0 Å². The molecule has 0 aromatic heterocycles. The van der Waals surface area contributed by atoms with Gasteiger partial charge in [0.05, 0.1) is 0 Å². The first-order chi connectivity index (χ1) is 11.1. The van der Waals surface area contributed by atoms with Crippen molar-refractivity contribution in [3.05, 3.63) is 18.2 Å². The van der Waals surface area contributed by atoms with E-state index in [0.717, 1.165) is 25.7 Å². The van der Waals surface area contributed by atoms with Gasteiger partial charge in [0.15, 0.2) is 11.5 Å². The molecule has 1 aliphatic heterocycles. The van der Waals surface area contributed by atoms with Gasteiger partial charge in [0.2, 0.25) is 18.6 Å². The Balaban J connectivity index is 1.61. The number of hydrogen-bond acceptors (Lipinski definition) is 4. The van der Waals surface area contributed by atoms with Crippen molar-refractivity contribution in [2.45, 2.75) is 45.1 Å². The molecule has 0 spiro atoms. The molecule has 124 valence electrons. The normalized spacial score (nSPS) is 16.9.